The summed E-state index contributed by atoms with van der Waals surface area (Å²) in [4.78, 5) is 72.9. The Labute approximate surface area is 613 Å². The Morgan fingerprint density at radius 3 is 0.710 bits per heavy atom. The zero-order chi connectivity index (χ0) is 73.4. The molecule has 0 aliphatic heterocycles. The minimum Gasteiger partial charge on any atom is -0.462 e. The molecular weight excluding hydrogens is 1310 g/mol. The fraction of sp³-hybridized carbons (Fsp3) is 0.951. The van der Waals surface area contributed by atoms with E-state index in [1.807, 2.05) is 0 Å². The number of rotatable bonds is 81. The van der Waals surface area contributed by atoms with E-state index in [2.05, 4.69) is 34.6 Å². The molecule has 3 N–H and O–H groups in total. The van der Waals surface area contributed by atoms with E-state index < -0.39 is 97.5 Å². The van der Waals surface area contributed by atoms with Gasteiger partial charge in [-0.2, -0.15) is 0 Å². The first kappa shape index (κ1) is 98.1. The molecule has 0 aliphatic rings. The van der Waals surface area contributed by atoms with E-state index in [4.69, 9.17) is 37.0 Å². The van der Waals surface area contributed by atoms with Crippen LogP contribution in [0.3, 0.4) is 0 Å². The van der Waals surface area contributed by atoms with E-state index in [0.29, 0.717) is 25.7 Å². The van der Waals surface area contributed by atoms with Gasteiger partial charge in [-0.05, 0) is 31.6 Å². The first-order chi connectivity index (χ1) is 48.6. The number of carbonyl (C=O) groups is 4. The molecule has 0 heterocycles. The second kappa shape index (κ2) is 73.9. The van der Waals surface area contributed by atoms with Crippen molar-refractivity contribution in [3.05, 3.63) is 0 Å². The summed E-state index contributed by atoms with van der Waals surface area (Å²) >= 11 is 0. The summed E-state index contributed by atoms with van der Waals surface area (Å²) in [6.45, 7) is 7.36. The molecule has 0 aromatic rings. The fourth-order valence-electron chi connectivity index (χ4n) is 12.6. The molecular formula is C81H158O17P2. The van der Waals surface area contributed by atoms with Gasteiger partial charge < -0.3 is 33.8 Å². The Balaban J connectivity index is 5.20. The number of aliphatic hydroxyl groups is 1. The van der Waals surface area contributed by atoms with Gasteiger partial charge in [-0.3, -0.25) is 37.3 Å². The summed E-state index contributed by atoms with van der Waals surface area (Å²) in [5.74, 6) is -1.26. The van der Waals surface area contributed by atoms with E-state index in [0.717, 1.165) is 95.8 Å². The summed E-state index contributed by atoms with van der Waals surface area (Å²) in [7, 11) is -9.91. The summed E-state index contributed by atoms with van der Waals surface area (Å²) in [5, 5.41) is 10.6. The Hall–Kier alpha value is -1.94. The van der Waals surface area contributed by atoms with Crippen molar-refractivity contribution in [3.8, 4) is 0 Å². The molecule has 17 nitrogen and oxygen atoms in total. The topological polar surface area (TPSA) is 237 Å². The van der Waals surface area contributed by atoms with E-state index in [9.17, 15) is 43.2 Å². The van der Waals surface area contributed by atoms with Crippen molar-refractivity contribution in [1.29, 1.82) is 0 Å². The highest BCUT2D eigenvalue weighted by Crippen LogP contribution is 2.45. The molecule has 0 rings (SSSR count). The third-order valence-electron chi connectivity index (χ3n) is 19.4. The van der Waals surface area contributed by atoms with Gasteiger partial charge in [0.15, 0.2) is 12.2 Å². The highest BCUT2D eigenvalue weighted by Gasteiger charge is 2.30. The molecule has 0 bridgehead atoms. The van der Waals surface area contributed by atoms with Crippen molar-refractivity contribution >= 4 is 39.5 Å². The first-order valence-electron chi connectivity index (χ1n) is 42.2. The molecule has 0 aromatic carbocycles. The minimum atomic E-state index is -4.96. The summed E-state index contributed by atoms with van der Waals surface area (Å²) in [6, 6.07) is 0. The third kappa shape index (κ3) is 73.0. The summed E-state index contributed by atoms with van der Waals surface area (Å²) in [5.41, 5.74) is 0. The number of carbonyl (C=O) groups excluding carboxylic acids is 4. The number of phosphoric acid groups is 2. The molecule has 6 atom stereocenters. The monoisotopic (exact) mass is 1470 g/mol. The number of hydrogen-bond donors (Lipinski definition) is 3. The third-order valence-corrected chi connectivity index (χ3v) is 21.3. The molecule has 0 spiro atoms. The van der Waals surface area contributed by atoms with Gasteiger partial charge in [-0.1, -0.05) is 381 Å². The minimum absolute atomic E-state index is 0.108. The lowest BCUT2D eigenvalue weighted by atomic mass is 9.99. The van der Waals surface area contributed by atoms with Crippen molar-refractivity contribution in [1.82, 2.24) is 0 Å². The molecule has 0 saturated carbocycles. The predicted octanol–water partition coefficient (Wildman–Crippen LogP) is 24.4. The van der Waals surface area contributed by atoms with Crippen LogP contribution in [0.15, 0.2) is 0 Å². The zero-order valence-corrected chi connectivity index (χ0v) is 67.1. The maximum absolute atomic E-state index is 13.1. The van der Waals surface area contributed by atoms with Crippen molar-refractivity contribution in [3.63, 3.8) is 0 Å². The SMILES string of the molecule is CCCCCCCCCCCCCCCCCCCCCCCC(=O)O[C@H](COC(=O)CCCCCCCCCCCCCCCCC(C)CC)COP(=O)(O)OC[C@@H](O)COP(=O)(O)OC[C@@H](COC(=O)CCCCCCCCCCC)OC(=O)CCCCCCCCCCCCCC. The second-order valence-electron chi connectivity index (χ2n) is 29.4. The van der Waals surface area contributed by atoms with Crippen LogP contribution in [0.2, 0.25) is 0 Å². The summed E-state index contributed by atoms with van der Waals surface area (Å²) < 4.78 is 68.6. The van der Waals surface area contributed by atoms with Gasteiger partial charge in [0, 0.05) is 25.7 Å². The van der Waals surface area contributed by atoms with Crippen molar-refractivity contribution < 1.29 is 80.2 Å². The van der Waals surface area contributed by atoms with Crippen LogP contribution in [0.5, 0.6) is 0 Å². The lowest BCUT2D eigenvalue weighted by Crippen LogP contribution is -2.30. The smallest absolute Gasteiger partial charge is 0.462 e. The predicted molar refractivity (Wildman–Crippen MR) is 409 cm³/mol. The van der Waals surface area contributed by atoms with Crippen LogP contribution in [0.1, 0.15) is 433 Å². The van der Waals surface area contributed by atoms with Crippen molar-refractivity contribution in [2.45, 2.75) is 451 Å². The van der Waals surface area contributed by atoms with Gasteiger partial charge in [0.1, 0.15) is 19.3 Å². The second-order valence-corrected chi connectivity index (χ2v) is 32.3. The average Bonchev–Trinajstić information content (AvgIpc) is 0.984. The largest absolute Gasteiger partial charge is 0.472 e. The summed E-state index contributed by atoms with van der Waals surface area (Å²) in [6.07, 6.45) is 65.2. The Kier molecular flexibility index (Phi) is 72.5. The molecule has 3 unspecified atom stereocenters. The lowest BCUT2D eigenvalue weighted by Gasteiger charge is -2.21. The van der Waals surface area contributed by atoms with E-state index in [-0.39, 0.29) is 25.7 Å². The van der Waals surface area contributed by atoms with Crippen LogP contribution in [0.25, 0.3) is 0 Å². The number of ether oxygens (including phenoxy) is 4. The highest BCUT2D eigenvalue weighted by atomic mass is 31.2. The van der Waals surface area contributed by atoms with Crippen LogP contribution in [0.4, 0.5) is 0 Å². The highest BCUT2D eigenvalue weighted by molar-refractivity contribution is 7.47. The standard InChI is InChI=1S/C81H158O17P2/c1-6-10-13-16-19-22-24-26-27-28-29-30-31-32-33-38-42-47-52-57-62-67-81(86)98-77(71-92-79(84)65-60-55-50-45-41-37-35-34-36-39-44-48-53-58-63-74(5)9-4)73-96-100(89,90)94-69-75(82)68-93-99(87,88)95-72-76(70-91-78(83)64-59-54-49-43-21-18-15-12-8-3)97-80(85)66-61-56-51-46-40-25-23-20-17-14-11-7-2/h74-77,82H,6-73H2,1-5H3,(H,87,88)(H,89,90)/t74?,75-,76+,77+/m0/s1. The first-order valence-corrected chi connectivity index (χ1v) is 45.2. The molecule has 0 saturated heterocycles. The normalized spacial score (nSPS) is 14.1. The van der Waals surface area contributed by atoms with Gasteiger partial charge in [0.2, 0.25) is 0 Å². The number of hydrogen-bond acceptors (Lipinski definition) is 15. The van der Waals surface area contributed by atoms with Crippen LogP contribution in [-0.4, -0.2) is 96.7 Å². The molecule has 0 aliphatic carbocycles. The van der Waals surface area contributed by atoms with E-state index in [1.165, 1.54) is 257 Å². The maximum Gasteiger partial charge on any atom is 0.472 e. The van der Waals surface area contributed by atoms with E-state index >= 15 is 0 Å². The van der Waals surface area contributed by atoms with Gasteiger partial charge in [-0.25, -0.2) is 9.13 Å². The number of esters is 4. The lowest BCUT2D eigenvalue weighted by molar-refractivity contribution is -0.161. The molecule has 0 radical (unpaired) electrons. The van der Waals surface area contributed by atoms with Gasteiger partial charge >= 0.3 is 39.5 Å². The maximum atomic E-state index is 13.1. The zero-order valence-electron chi connectivity index (χ0n) is 65.3. The molecule has 19 heteroatoms. The quantitative estimate of drug-likeness (QED) is 0.0222. The van der Waals surface area contributed by atoms with Crippen molar-refractivity contribution in [2.75, 3.05) is 39.6 Å². The molecule has 0 amide bonds. The molecule has 0 fully saturated rings. The van der Waals surface area contributed by atoms with Crippen LogP contribution >= 0.6 is 15.6 Å². The number of aliphatic hydroxyl groups excluding tert-OH is 1. The van der Waals surface area contributed by atoms with Crippen molar-refractivity contribution in [2.24, 2.45) is 5.92 Å². The average molecular weight is 1470 g/mol. The van der Waals surface area contributed by atoms with Gasteiger partial charge in [0.25, 0.3) is 0 Å². The van der Waals surface area contributed by atoms with E-state index in [1.54, 1.807) is 0 Å². The Morgan fingerprint density at radius 2 is 0.480 bits per heavy atom. The molecule has 594 valence electrons. The molecule has 0 aromatic heterocycles. The fourth-order valence-corrected chi connectivity index (χ4v) is 14.1. The van der Waals surface area contributed by atoms with Crippen LogP contribution < -0.4 is 0 Å². The van der Waals surface area contributed by atoms with Gasteiger partial charge in [0.05, 0.1) is 26.4 Å². The van der Waals surface area contributed by atoms with Crippen LogP contribution in [0, 0.1) is 5.92 Å². The van der Waals surface area contributed by atoms with Gasteiger partial charge in [-0.15, -0.1) is 0 Å². The molecule has 100 heavy (non-hydrogen) atoms. The Morgan fingerprint density at radius 1 is 0.280 bits per heavy atom. The number of phosphoric ester groups is 2. The Bertz CT molecular complexity index is 1910. The number of unbranched alkanes of at least 4 members (excludes halogenated alkanes) is 52. The van der Waals surface area contributed by atoms with Crippen LogP contribution in [-0.2, 0) is 65.4 Å².